The fourth-order valence-corrected chi connectivity index (χ4v) is 4.13. The summed E-state index contributed by atoms with van der Waals surface area (Å²) >= 11 is 1.41. The van der Waals surface area contributed by atoms with E-state index in [9.17, 15) is 9.59 Å². The highest BCUT2D eigenvalue weighted by Gasteiger charge is 2.14. The van der Waals surface area contributed by atoms with Gasteiger partial charge in [0.15, 0.2) is 0 Å². The van der Waals surface area contributed by atoms with Crippen LogP contribution in [0.25, 0.3) is 11.3 Å². The predicted octanol–water partition coefficient (Wildman–Crippen LogP) is 4.01. The van der Waals surface area contributed by atoms with Gasteiger partial charge in [-0.1, -0.05) is 60.7 Å². The van der Waals surface area contributed by atoms with E-state index in [1.165, 1.54) is 11.3 Å². The molecule has 0 spiro atoms. The van der Waals surface area contributed by atoms with Gasteiger partial charge in [0.05, 0.1) is 23.7 Å². The molecule has 4 aromatic rings. The molecule has 0 aliphatic heterocycles. The van der Waals surface area contributed by atoms with Crippen LogP contribution in [0.15, 0.2) is 79.0 Å². The maximum absolute atomic E-state index is 12.4. The predicted molar refractivity (Wildman–Crippen MR) is 126 cm³/mol. The van der Waals surface area contributed by atoms with Crippen molar-refractivity contribution in [3.8, 4) is 11.3 Å². The van der Waals surface area contributed by atoms with Crippen molar-refractivity contribution in [2.24, 2.45) is 0 Å². The number of rotatable bonds is 8. The molecule has 0 bridgehead atoms. The average Bonchev–Trinajstić information content (AvgIpc) is 3.43. The molecule has 2 heterocycles. The molecule has 0 saturated heterocycles. The standard InChI is InChI=1S/C25H24N4O2S/c1-18-12-13-22(32-18)25(31)27-15-23(30)26-14-21-17-29(16-19-8-4-2-5-9-19)28-24(21)20-10-6-3-7-11-20/h2-13,17H,14-16H2,1H3,(H,26,30)(H,27,31). The molecule has 0 aliphatic carbocycles. The van der Waals surface area contributed by atoms with Crippen molar-refractivity contribution in [3.05, 3.63) is 99.9 Å². The third-order valence-electron chi connectivity index (χ3n) is 4.92. The number of carbonyl (C=O) groups excluding carboxylic acids is 2. The van der Waals surface area contributed by atoms with Crippen LogP contribution >= 0.6 is 11.3 Å². The van der Waals surface area contributed by atoms with Gasteiger partial charge in [0.2, 0.25) is 5.91 Å². The lowest BCUT2D eigenvalue weighted by atomic mass is 10.1. The van der Waals surface area contributed by atoms with Gasteiger partial charge in [0.1, 0.15) is 0 Å². The van der Waals surface area contributed by atoms with Crippen LogP contribution in [-0.4, -0.2) is 28.1 Å². The Morgan fingerprint density at radius 3 is 2.34 bits per heavy atom. The van der Waals surface area contributed by atoms with Crippen molar-refractivity contribution in [2.75, 3.05) is 6.54 Å². The second-order valence-electron chi connectivity index (χ2n) is 7.42. The molecule has 7 heteroatoms. The largest absolute Gasteiger partial charge is 0.350 e. The van der Waals surface area contributed by atoms with E-state index < -0.39 is 0 Å². The number of aromatic nitrogens is 2. The lowest BCUT2D eigenvalue weighted by Gasteiger charge is -2.07. The van der Waals surface area contributed by atoms with Gasteiger partial charge in [-0.2, -0.15) is 5.10 Å². The van der Waals surface area contributed by atoms with Gasteiger partial charge < -0.3 is 10.6 Å². The number of thiophene rings is 1. The normalized spacial score (nSPS) is 10.7. The first-order chi connectivity index (χ1) is 15.6. The number of amides is 2. The lowest BCUT2D eigenvalue weighted by Crippen LogP contribution is -2.36. The van der Waals surface area contributed by atoms with Gasteiger partial charge in [-0.05, 0) is 24.6 Å². The third kappa shape index (κ3) is 5.50. The van der Waals surface area contributed by atoms with E-state index in [2.05, 4.69) is 22.8 Å². The summed E-state index contributed by atoms with van der Waals surface area (Å²) in [6.07, 6.45) is 1.96. The maximum Gasteiger partial charge on any atom is 0.261 e. The Bertz CT molecular complexity index is 1200. The number of benzene rings is 2. The summed E-state index contributed by atoms with van der Waals surface area (Å²) in [5.74, 6) is -0.486. The second-order valence-corrected chi connectivity index (χ2v) is 8.71. The molecule has 0 atom stereocenters. The van der Waals surface area contributed by atoms with Crippen molar-refractivity contribution in [1.29, 1.82) is 0 Å². The van der Waals surface area contributed by atoms with Crippen LogP contribution in [0.3, 0.4) is 0 Å². The minimum absolute atomic E-state index is 0.0748. The minimum Gasteiger partial charge on any atom is -0.350 e. The molecule has 0 fully saturated rings. The molecule has 162 valence electrons. The zero-order valence-electron chi connectivity index (χ0n) is 17.7. The van der Waals surface area contributed by atoms with Crippen LogP contribution in [-0.2, 0) is 17.9 Å². The molecule has 2 N–H and O–H groups in total. The Hall–Kier alpha value is -3.71. The van der Waals surface area contributed by atoms with E-state index in [0.29, 0.717) is 18.0 Å². The summed E-state index contributed by atoms with van der Waals surface area (Å²) < 4.78 is 1.89. The van der Waals surface area contributed by atoms with Gasteiger partial charge in [-0.3, -0.25) is 14.3 Å². The highest BCUT2D eigenvalue weighted by molar-refractivity contribution is 7.13. The van der Waals surface area contributed by atoms with Crippen LogP contribution < -0.4 is 10.6 Å². The Morgan fingerprint density at radius 1 is 0.938 bits per heavy atom. The number of nitrogens with one attached hydrogen (secondary N) is 2. The summed E-state index contributed by atoms with van der Waals surface area (Å²) in [5.41, 5.74) is 3.89. The van der Waals surface area contributed by atoms with E-state index in [-0.39, 0.29) is 18.4 Å². The zero-order chi connectivity index (χ0) is 22.3. The Labute approximate surface area is 190 Å². The van der Waals surface area contributed by atoms with E-state index in [1.54, 1.807) is 6.07 Å². The van der Waals surface area contributed by atoms with Gasteiger partial charge in [-0.15, -0.1) is 11.3 Å². The highest BCUT2D eigenvalue weighted by atomic mass is 32.1. The molecular weight excluding hydrogens is 420 g/mol. The van der Waals surface area contributed by atoms with Crippen LogP contribution in [0.1, 0.15) is 25.7 Å². The molecular formula is C25H24N4O2S. The fourth-order valence-electron chi connectivity index (χ4n) is 3.34. The molecule has 2 aromatic heterocycles. The molecule has 2 aromatic carbocycles. The zero-order valence-corrected chi connectivity index (χ0v) is 18.6. The second kappa shape index (κ2) is 10.1. The van der Waals surface area contributed by atoms with E-state index in [4.69, 9.17) is 5.10 Å². The summed E-state index contributed by atoms with van der Waals surface area (Å²) in [5, 5.41) is 10.3. The highest BCUT2D eigenvalue weighted by Crippen LogP contribution is 2.22. The van der Waals surface area contributed by atoms with Crippen molar-refractivity contribution >= 4 is 23.2 Å². The molecule has 0 saturated carbocycles. The monoisotopic (exact) mass is 444 g/mol. The third-order valence-corrected chi connectivity index (χ3v) is 5.92. The number of aryl methyl sites for hydroxylation is 1. The fraction of sp³-hybridized carbons (Fsp3) is 0.160. The quantitative estimate of drug-likeness (QED) is 0.431. The summed E-state index contributed by atoms with van der Waals surface area (Å²) in [7, 11) is 0. The van der Waals surface area contributed by atoms with Crippen LogP contribution in [0.4, 0.5) is 0 Å². The van der Waals surface area contributed by atoms with Crippen molar-refractivity contribution in [3.63, 3.8) is 0 Å². The van der Waals surface area contributed by atoms with E-state index >= 15 is 0 Å². The van der Waals surface area contributed by atoms with E-state index in [1.807, 2.05) is 72.4 Å². The molecule has 0 radical (unpaired) electrons. The molecule has 6 nitrogen and oxygen atoms in total. The number of hydrogen-bond donors (Lipinski definition) is 2. The number of hydrogen-bond acceptors (Lipinski definition) is 4. The molecule has 0 unspecified atom stereocenters. The number of nitrogens with zero attached hydrogens (tertiary/aromatic N) is 2. The van der Waals surface area contributed by atoms with Crippen LogP contribution in [0.5, 0.6) is 0 Å². The average molecular weight is 445 g/mol. The van der Waals surface area contributed by atoms with Gasteiger partial charge in [0, 0.05) is 28.7 Å². The smallest absolute Gasteiger partial charge is 0.261 e. The maximum atomic E-state index is 12.4. The van der Waals surface area contributed by atoms with Crippen molar-refractivity contribution < 1.29 is 9.59 Å². The first kappa shape index (κ1) is 21.5. The topological polar surface area (TPSA) is 76.0 Å². The first-order valence-corrected chi connectivity index (χ1v) is 11.2. The first-order valence-electron chi connectivity index (χ1n) is 10.4. The van der Waals surface area contributed by atoms with Crippen LogP contribution in [0.2, 0.25) is 0 Å². The van der Waals surface area contributed by atoms with Crippen molar-refractivity contribution in [2.45, 2.75) is 20.0 Å². The Balaban J connectivity index is 1.42. The van der Waals surface area contributed by atoms with Gasteiger partial charge >= 0.3 is 0 Å². The number of carbonyl (C=O) groups is 2. The molecule has 0 aliphatic rings. The summed E-state index contributed by atoms with van der Waals surface area (Å²) in [6, 6.07) is 23.7. The molecule has 4 rings (SSSR count). The van der Waals surface area contributed by atoms with Gasteiger partial charge in [0.25, 0.3) is 5.91 Å². The lowest BCUT2D eigenvalue weighted by molar-refractivity contribution is -0.120. The molecule has 2 amide bonds. The Kier molecular flexibility index (Phi) is 6.77. The Morgan fingerprint density at radius 2 is 1.66 bits per heavy atom. The molecule has 32 heavy (non-hydrogen) atoms. The van der Waals surface area contributed by atoms with E-state index in [0.717, 1.165) is 27.3 Å². The van der Waals surface area contributed by atoms with Crippen molar-refractivity contribution in [1.82, 2.24) is 20.4 Å². The summed E-state index contributed by atoms with van der Waals surface area (Å²) in [6.45, 7) is 2.84. The minimum atomic E-state index is -0.249. The summed E-state index contributed by atoms with van der Waals surface area (Å²) in [4.78, 5) is 26.2. The SMILES string of the molecule is Cc1ccc(C(=O)NCC(=O)NCc2cn(Cc3ccccc3)nc2-c2ccccc2)s1. The van der Waals surface area contributed by atoms with Crippen LogP contribution in [0, 0.1) is 6.92 Å². The van der Waals surface area contributed by atoms with Gasteiger partial charge in [-0.25, -0.2) is 0 Å².